The number of aryl methyl sites for hydroxylation is 1. The second-order valence-electron chi connectivity index (χ2n) is 5.42. The van der Waals surface area contributed by atoms with Crippen LogP contribution in [0.1, 0.15) is 37.8 Å². The Hall–Kier alpha value is -1.55. The summed E-state index contributed by atoms with van der Waals surface area (Å²) < 4.78 is 5.80. The normalized spacial score (nSPS) is 13.8. The van der Waals surface area contributed by atoms with Gasteiger partial charge in [-0.2, -0.15) is 0 Å². The molecule has 1 amide bonds. The van der Waals surface area contributed by atoms with Gasteiger partial charge in [-0.05, 0) is 50.9 Å². The van der Waals surface area contributed by atoms with Crippen LogP contribution in [0.4, 0.5) is 0 Å². The Kier molecular flexibility index (Phi) is 6.02. The molecular formula is C16H26N2O2. The van der Waals surface area contributed by atoms with Crippen molar-refractivity contribution in [2.75, 3.05) is 13.2 Å². The van der Waals surface area contributed by atoms with Gasteiger partial charge in [0.25, 0.3) is 0 Å². The van der Waals surface area contributed by atoms with E-state index in [-0.39, 0.29) is 5.91 Å². The van der Waals surface area contributed by atoms with Crippen molar-refractivity contribution in [3.8, 4) is 5.75 Å². The lowest BCUT2D eigenvalue weighted by Gasteiger charge is -2.27. The van der Waals surface area contributed by atoms with E-state index in [4.69, 9.17) is 10.5 Å². The minimum absolute atomic E-state index is 0.337. The van der Waals surface area contributed by atoms with Crippen molar-refractivity contribution in [3.05, 3.63) is 29.3 Å². The number of hydrogen-bond acceptors (Lipinski definition) is 3. The van der Waals surface area contributed by atoms with Crippen molar-refractivity contribution in [1.82, 2.24) is 5.32 Å². The Balaban J connectivity index is 2.60. The van der Waals surface area contributed by atoms with Crippen molar-refractivity contribution in [1.29, 1.82) is 0 Å². The fourth-order valence-corrected chi connectivity index (χ4v) is 1.95. The van der Waals surface area contributed by atoms with Crippen LogP contribution in [-0.4, -0.2) is 24.6 Å². The molecule has 1 unspecified atom stereocenters. The van der Waals surface area contributed by atoms with Gasteiger partial charge in [0.2, 0.25) is 5.91 Å². The SMILES string of the molecule is CCCNC(C)(CCOc1cccc(C)c1C)C(N)=O. The summed E-state index contributed by atoms with van der Waals surface area (Å²) in [4.78, 5) is 11.6. The average molecular weight is 278 g/mol. The topological polar surface area (TPSA) is 64.3 Å². The highest BCUT2D eigenvalue weighted by Gasteiger charge is 2.29. The number of hydrogen-bond donors (Lipinski definition) is 2. The van der Waals surface area contributed by atoms with E-state index in [0.29, 0.717) is 13.0 Å². The molecule has 0 aliphatic carbocycles. The maximum absolute atomic E-state index is 11.6. The molecule has 0 heterocycles. The van der Waals surface area contributed by atoms with Gasteiger partial charge in [0.15, 0.2) is 0 Å². The van der Waals surface area contributed by atoms with E-state index >= 15 is 0 Å². The van der Waals surface area contributed by atoms with E-state index in [1.807, 2.05) is 26.0 Å². The number of amides is 1. The van der Waals surface area contributed by atoms with Gasteiger partial charge in [-0.25, -0.2) is 0 Å². The summed E-state index contributed by atoms with van der Waals surface area (Å²) in [6.45, 7) is 9.20. The molecule has 1 aromatic carbocycles. The number of primary amides is 1. The lowest BCUT2D eigenvalue weighted by atomic mass is 9.97. The number of nitrogens with two attached hydrogens (primary N) is 1. The van der Waals surface area contributed by atoms with E-state index in [9.17, 15) is 4.79 Å². The van der Waals surface area contributed by atoms with Crippen LogP contribution in [0, 0.1) is 13.8 Å². The largest absolute Gasteiger partial charge is 0.493 e. The number of rotatable bonds is 8. The van der Waals surface area contributed by atoms with Crippen LogP contribution < -0.4 is 15.8 Å². The van der Waals surface area contributed by atoms with Gasteiger partial charge in [-0.1, -0.05) is 19.1 Å². The smallest absolute Gasteiger partial charge is 0.237 e. The number of carbonyl (C=O) groups excluding carboxylic acids is 1. The van der Waals surface area contributed by atoms with Crippen LogP contribution in [0.25, 0.3) is 0 Å². The molecule has 0 radical (unpaired) electrons. The minimum Gasteiger partial charge on any atom is -0.493 e. The zero-order valence-electron chi connectivity index (χ0n) is 13.0. The van der Waals surface area contributed by atoms with Crippen molar-refractivity contribution in [2.45, 2.75) is 46.1 Å². The summed E-state index contributed by atoms with van der Waals surface area (Å²) in [6, 6.07) is 5.97. The Morgan fingerprint density at radius 2 is 2.10 bits per heavy atom. The van der Waals surface area contributed by atoms with E-state index in [1.165, 1.54) is 5.56 Å². The first-order valence-electron chi connectivity index (χ1n) is 7.14. The molecule has 112 valence electrons. The maximum Gasteiger partial charge on any atom is 0.237 e. The van der Waals surface area contributed by atoms with Crippen molar-refractivity contribution in [2.24, 2.45) is 5.73 Å². The number of nitrogens with one attached hydrogen (secondary N) is 1. The second kappa shape index (κ2) is 7.29. The van der Waals surface area contributed by atoms with Gasteiger partial charge in [-0.3, -0.25) is 4.79 Å². The third kappa shape index (κ3) is 4.23. The van der Waals surface area contributed by atoms with Gasteiger partial charge >= 0.3 is 0 Å². The molecule has 0 fully saturated rings. The standard InChI is InChI=1S/C16H26N2O2/c1-5-10-18-16(4,15(17)19)9-11-20-14-8-6-7-12(2)13(14)3/h6-8,18H,5,9-11H2,1-4H3,(H2,17,19). The molecule has 0 saturated carbocycles. The van der Waals surface area contributed by atoms with Gasteiger partial charge in [0, 0.05) is 6.42 Å². The molecule has 3 N–H and O–H groups in total. The minimum atomic E-state index is -0.715. The summed E-state index contributed by atoms with van der Waals surface area (Å²) in [6.07, 6.45) is 1.51. The van der Waals surface area contributed by atoms with Crippen LogP contribution in [0.15, 0.2) is 18.2 Å². The van der Waals surface area contributed by atoms with Crippen molar-refractivity contribution < 1.29 is 9.53 Å². The molecule has 1 rings (SSSR count). The molecule has 1 aromatic rings. The molecule has 20 heavy (non-hydrogen) atoms. The fraction of sp³-hybridized carbons (Fsp3) is 0.562. The third-order valence-corrected chi connectivity index (χ3v) is 3.72. The highest BCUT2D eigenvalue weighted by Crippen LogP contribution is 2.21. The summed E-state index contributed by atoms with van der Waals surface area (Å²) in [7, 11) is 0. The van der Waals surface area contributed by atoms with Gasteiger partial charge < -0.3 is 15.8 Å². The van der Waals surface area contributed by atoms with Crippen molar-refractivity contribution in [3.63, 3.8) is 0 Å². The lowest BCUT2D eigenvalue weighted by molar-refractivity contribution is -0.124. The molecule has 0 aromatic heterocycles. The Labute approximate surface area is 121 Å². The van der Waals surface area contributed by atoms with Crippen LogP contribution in [-0.2, 0) is 4.79 Å². The number of carbonyl (C=O) groups is 1. The van der Waals surface area contributed by atoms with Crippen LogP contribution in [0.5, 0.6) is 5.75 Å². The highest BCUT2D eigenvalue weighted by atomic mass is 16.5. The predicted molar refractivity (Wildman–Crippen MR) is 81.9 cm³/mol. The first kappa shape index (κ1) is 16.5. The second-order valence-corrected chi connectivity index (χ2v) is 5.42. The summed E-state index contributed by atoms with van der Waals surface area (Å²) in [5, 5.41) is 3.20. The zero-order chi connectivity index (χ0) is 15.2. The van der Waals surface area contributed by atoms with Gasteiger partial charge in [-0.15, -0.1) is 0 Å². The molecule has 1 atom stereocenters. The van der Waals surface area contributed by atoms with Crippen LogP contribution in [0.3, 0.4) is 0 Å². The van der Waals surface area contributed by atoms with E-state index in [2.05, 4.69) is 25.2 Å². The summed E-state index contributed by atoms with van der Waals surface area (Å²) in [5.74, 6) is 0.530. The molecule has 0 saturated heterocycles. The first-order valence-corrected chi connectivity index (χ1v) is 7.14. The summed E-state index contributed by atoms with van der Waals surface area (Å²) >= 11 is 0. The Bertz CT molecular complexity index is 460. The quantitative estimate of drug-likeness (QED) is 0.767. The van der Waals surface area contributed by atoms with E-state index < -0.39 is 5.54 Å². The van der Waals surface area contributed by atoms with Gasteiger partial charge in [0.05, 0.1) is 12.1 Å². The predicted octanol–water partition coefficient (Wildman–Crippen LogP) is 2.32. The third-order valence-electron chi connectivity index (χ3n) is 3.72. The Morgan fingerprint density at radius 3 is 2.70 bits per heavy atom. The van der Waals surface area contributed by atoms with Crippen LogP contribution >= 0.6 is 0 Å². The highest BCUT2D eigenvalue weighted by molar-refractivity contribution is 5.84. The first-order chi connectivity index (χ1) is 9.40. The molecule has 0 aliphatic heterocycles. The van der Waals surface area contributed by atoms with Crippen LogP contribution in [0.2, 0.25) is 0 Å². The molecule has 4 heteroatoms. The monoisotopic (exact) mass is 278 g/mol. The fourth-order valence-electron chi connectivity index (χ4n) is 1.95. The lowest BCUT2D eigenvalue weighted by Crippen LogP contribution is -2.54. The summed E-state index contributed by atoms with van der Waals surface area (Å²) in [5.41, 5.74) is 7.11. The van der Waals surface area contributed by atoms with Crippen molar-refractivity contribution >= 4 is 5.91 Å². The average Bonchev–Trinajstić information content (AvgIpc) is 2.41. The molecule has 0 spiro atoms. The Morgan fingerprint density at radius 1 is 1.40 bits per heavy atom. The zero-order valence-corrected chi connectivity index (χ0v) is 13.0. The molecular weight excluding hydrogens is 252 g/mol. The molecule has 0 bridgehead atoms. The van der Waals surface area contributed by atoms with Gasteiger partial charge in [0.1, 0.15) is 5.75 Å². The van der Waals surface area contributed by atoms with E-state index in [0.717, 1.165) is 24.3 Å². The molecule has 0 aliphatic rings. The molecule has 4 nitrogen and oxygen atoms in total. The number of benzene rings is 1. The van der Waals surface area contributed by atoms with E-state index in [1.54, 1.807) is 0 Å². The maximum atomic E-state index is 11.6. The number of ether oxygens (including phenoxy) is 1.